The molecule has 3 rings (SSSR count). The highest BCUT2D eigenvalue weighted by Crippen LogP contribution is 2.37. The summed E-state index contributed by atoms with van der Waals surface area (Å²) in [7, 11) is 0. The van der Waals surface area contributed by atoms with Crippen LogP contribution in [0.3, 0.4) is 0 Å². The number of nitrogens with one attached hydrogen (secondary N) is 1. The summed E-state index contributed by atoms with van der Waals surface area (Å²) in [5.74, 6) is 0.218. The summed E-state index contributed by atoms with van der Waals surface area (Å²) in [6.45, 7) is 2.18. The van der Waals surface area contributed by atoms with Gasteiger partial charge in [0.05, 0.1) is 16.1 Å². The number of anilines is 1. The quantitative estimate of drug-likeness (QED) is 0.708. The van der Waals surface area contributed by atoms with E-state index in [0.717, 1.165) is 37.0 Å². The summed E-state index contributed by atoms with van der Waals surface area (Å²) < 4.78 is 38.7. The minimum Gasteiger partial charge on any atom is -0.322 e. The van der Waals surface area contributed by atoms with E-state index in [1.807, 2.05) is 0 Å². The van der Waals surface area contributed by atoms with Crippen LogP contribution >= 0.6 is 22.9 Å². The van der Waals surface area contributed by atoms with Gasteiger partial charge in [0.2, 0.25) is 0 Å². The van der Waals surface area contributed by atoms with Crippen molar-refractivity contribution < 1.29 is 18.0 Å². The van der Waals surface area contributed by atoms with Crippen LogP contribution in [0, 0.1) is 5.92 Å². The fraction of sp³-hybridized carbons (Fsp3) is 0.353. The summed E-state index contributed by atoms with van der Waals surface area (Å²) in [6.07, 6.45) is -1.76. The number of alkyl halides is 3. The van der Waals surface area contributed by atoms with Crippen LogP contribution in [-0.4, -0.2) is 5.91 Å². The van der Waals surface area contributed by atoms with E-state index in [1.165, 1.54) is 10.9 Å². The number of carbonyl (C=O) groups excluding carboxylic acids is 1. The van der Waals surface area contributed by atoms with E-state index < -0.39 is 11.7 Å². The fourth-order valence-electron chi connectivity index (χ4n) is 2.89. The van der Waals surface area contributed by atoms with Gasteiger partial charge in [-0.3, -0.25) is 4.79 Å². The Labute approximate surface area is 146 Å². The van der Waals surface area contributed by atoms with E-state index in [9.17, 15) is 18.0 Å². The smallest absolute Gasteiger partial charge is 0.322 e. The molecule has 0 radical (unpaired) electrons. The average Bonchev–Trinajstić information content (AvgIpc) is 2.91. The molecule has 0 aliphatic heterocycles. The molecule has 0 bridgehead atoms. The summed E-state index contributed by atoms with van der Waals surface area (Å²) in [4.78, 5) is 13.7. The van der Waals surface area contributed by atoms with Gasteiger partial charge in [0.25, 0.3) is 5.91 Å². The van der Waals surface area contributed by atoms with Gasteiger partial charge in [-0.05, 0) is 48.9 Å². The van der Waals surface area contributed by atoms with Crippen LogP contribution in [0.2, 0.25) is 5.02 Å². The zero-order chi connectivity index (χ0) is 17.5. The molecule has 2 nitrogen and oxygen atoms in total. The lowest BCUT2D eigenvalue weighted by atomic mass is 9.88. The van der Waals surface area contributed by atoms with E-state index in [4.69, 9.17) is 11.6 Å². The predicted molar refractivity (Wildman–Crippen MR) is 89.9 cm³/mol. The molecule has 0 saturated carbocycles. The molecule has 1 amide bonds. The molecule has 1 unspecified atom stereocenters. The van der Waals surface area contributed by atoms with Crippen LogP contribution in [0.25, 0.3) is 0 Å². The molecule has 1 aliphatic carbocycles. The Morgan fingerprint density at radius 2 is 2.12 bits per heavy atom. The zero-order valence-corrected chi connectivity index (χ0v) is 14.4. The highest BCUT2D eigenvalue weighted by atomic mass is 35.5. The Bertz CT molecular complexity index is 785. The van der Waals surface area contributed by atoms with Crippen molar-refractivity contribution in [2.24, 2.45) is 5.92 Å². The summed E-state index contributed by atoms with van der Waals surface area (Å²) in [5, 5.41) is 3.96. The maximum Gasteiger partial charge on any atom is 0.417 e. The second kappa shape index (κ2) is 6.41. The van der Waals surface area contributed by atoms with Gasteiger partial charge in [-0.2, -0.15) is 13.2 Å². The normalized spacial score (nSPS) is 17.5. The second-order valence-electron chi connectivity index (χ2n) is 6.05. The van der Waals surface area contributed by atoms with Gasteiger partial charge in [-0.15, -0.1) is 11.3 Å². The first-order valence-corrected chi connectivity index (χ1v) is 8.79. The standard InChI is InChI=1S/C17H15ClF3NOS/c1-9-2-4-11-12(8-24-15(11)6-9)16(23)22-10-3-5-14(18)13(7-10)17(19,20)21/h3,5,7-9H,2,4,6H2,1H3,(H,22,23). The number of carbonyl (C=O) groups is 1. The molecule has 24 heavy (non-hydrogen) atoms. The third-order valence-electron chi connectivity index (χ3n) is 4.18. The molecule has 0 fully saturated rings. The molecule has 1 heterocycles. The lowest BCUT2D eigenvalue weighted by Gasteiger charge is -2.19. The number of thiophene rings is 1. The molecule has 1 aliphatic rings. The van der Waals surface area contributed by atoms with E-state index in [2.05, 4.69) is 12.2 Å². The topological polar surface area (TPSA) is 29.1 Å². The van der Waals surface area contributed by atoms with Crippen molar-refractivity contribution in [1.29, 1.82) is 0 Å². The highest BCUT2D eigenvalue weighted by Gasteiger charge is 2.33. The molecule has 1 aromatic heterocycles. The summed E-state index contributed by atoms with van der Waals surface area (Å²) >= 11 is 7.14. The Hall–Kier alpha value is -1.53. The maximum atomic E-state index is 12.9. The minimum atomic E-state index is -4.56. The third kappa shape index (κ3) is 3.44. The highest BCUT2D eigenvalue weighted by molar-refractivity contribution is 7.10. The molecule has 7 heteroatoms. The van der Waals surface area contributed by atoms with Crippen molar-refractivity contribution in [2.45, 2.75) is 32.4 Å². The number of rotatable bonds is 2. The number of hydrogen-bond acceptors (Lipinski definition) is 2. The number of fused-ring (bicyclic) bond motifs is 1. The van der Waals surface area contributed by atoms with Gasteiger partial charge in [-0.25, -0.2) is 0 Å². The van der Waals surface area contributed by atoms with Gasteiger partial charge in [-0.1, -0.05) is 18.5 Å². The zero-order valence-electron chi connectivity index (χ0n) is 12.8. The molecule has 2 aromatic rings. The molecule has 128 valence electrons. The van der Waals surface area contributed by atoms with Crippen LogP contribution in [0.5, 0.6) is 0 Å². The molecule has 0 saturated heterocycles. The number of hydrogen-bond donors (Lipinski definition) is 1. The van der Waals surface area contributed by atoms with Gasteiger partial charge < -0.3 is 5.32 Å². The molecule has 0 spiro atoms. The monoisotopic (exact) mass is 373 g/mol. The summed E-state index contributed by atoms with van der Waals surface area (Å²) in [5.41, 5.74) is 0.718. The van der Waals surface area contributed by atoms with Crippen LogP contribution in [0.4, 0.5) is 18.9 Å². The minimum absolute atomic E-state index is 0.0841. The lowest BCUT2D eigenvalue weighted by molar-refractivity contribution is -0.137. The molecular weight excluding hydrogens is 359 g/mol. The Morgan fingerprint density at radius 3 is 2.83 bits per heavy atom. The Balaban J connectivity index is 1.84. The Morgan fingerprint density at radius 1 is 1.38 bits per heavy atom. The number of amides is 1. The molecular formula is C17H15ClF3NOS. The predicted octanol–water partition coefficient (Wildman–Crippen LogP) is 5.80. The van der Waals surface area contributed by atoms with Gasteiger partial charge in [0, 0.05) is 15.9 Å². The van der Waals surface area contributed by atoms with Gasteiger partial charge in [0.1, 0.15) is 0 Å². The number of halogens is 4. The van der Waals surface area contributed by atoms with E-state index in [-0.39, 0.29) is 16.6 Å². The first kappa shape index (κ1) is 17.3. The van der Waals surface area contributed by atoms with E-state index >= 15 is 0 Å². The van der Waals surface area contributed by atoms with Gasteiger partial charge >= 0.3 is 6.18 Å². The van der Waals surface area contributed by atoms with Crippen molar-refractivity contribution in [1.82, 2.24) is 0 Å². The van der Waals surface area contributed by atoms with Crippen LogP contribution in [-0.2, 0) is 19.0 Å². The summed E-state index contributed by atoms with van der Waals surface area (Å²) in [6, 6.07) is 3.38. The third-order valence-corrected chi connectivity index (χ3v) is 5.56. The molecule has 1 atom stereocenters. The van der Waals surface area contributed by atoms with Crippen LogP contribution in [0.1, 0.15) is 39.7 Å². The van der Waals surface area contributed by atoms with E-state index in [1.54, 1.807) is 16.7 Å². The first-order valence-electron chi connectivity index (χ1n) is 7.53. The van der Waals surface area contributed by atoms with Crippen molar-refractivity contribution in [3.63, 3.8) is 0 Å². The largest absolute Gasteiger partial charge is 0.417 e. The van der Waals surface area contributed by atoms with Crippen LogP contribution < -0.4 is 5.32 Å². The molecule has 1 N–H and O–H groups in total. The lowest BCUT2D eigenvalue weighted by Crippen LogP contribution is -2.17. The van der Waals surface area contributed by atoms with Crippen molar-refractivity contribution in [3.05, 3.63) is 50.2 Å². The first-order chi connectivity index (χ1) is 11.3. The van der Waals surface area contributed by atoms with Crippen LogP contribution in [0.15, 0.2) is 23.6 Å². The molecule has 1 aromatic carbocycles. The van der Waals surface area contributed by atoms with Crippen molar-refractivity contribution >= 4 is 34.5 Å². The SMILES string of the molecule is CC1CCc2c(C(=O)Nc3ccc(Cl)c(C(F)(F)F)c3)csc2C1. The Kier molecular flexibility index (Phi) is 4.62. The number of benzene rings is 1. The van der Waals surface area contributed by atoms with Crippen molar-refractivity contribution in [2.75, 3.05) is 5.32 Å². The fourth-order valence-corrected chi connectivity index (χ4v) is 4.36. The van der Waals surface area contributed by atoms with E-state index in [0.29, 0.717) is 11.5 Å². The maximum absolute atomic E-state index is 12.9. The van der Waals surface area contributed by atoms with Gasteiger partial charge in [0.15, 0.2) is 0 Å². The second-order valence-corrected chi connectivity index (χ2v) is 7.42. The average molecular weight is 374 g/mol. The van der Waals surface area contributed by atoms with Crippen molar-refractivity contribution in [3.8, 4) is 0 Å².